The average Bonchev–Trinajstić information content (AvgIpc) is 3.66. The molecule has 0 aromatic rings. The van der Waals surface area contributed by atoms with Gasteiger partial charge in [0, 0.05) is 25.7 Å². The van der Waals surface area contributed by atoms with Crippen molar-refractivity contribution in [3.63, 3.8) is 0 Å². The predicted octanol–water partition coefficient (Wildman–Crippen LogP) is 20.0. The molecule has 0 heterocycles. The summed E-state index contributed by atoms with van der Waals surface area (Å²) in [5.41, 5.74) is 0. The second-order valence-corrected chi connectivity index (χ2v) is 29.1. The van der Waals surface area contributed by atoms with Gasteiger partial charge in [-0.05, 0) is 37.5 Å². The number of hydrogen-bond donors (Lipinski definition) is 3. The highest BCUT2D eigenvalue weighted by Gasteiger charge is 2.30. The largest absolute Gasteiger partial charge is 0.472 e. The minimum atomic E-state index is -4.95. The molecule has 528 valence electrons. The number of unbranched alkanes of at least 4 members (excludes halogenated alkanes) is 39. The molecule has 2 unspecified atom stereocenters. The second kappa shape index (κ2) is 62.2. The number of aliphatic hydroxyl groups is 1. The van der Waals surface area contributed by atoms with Crippen molar-refractivity contribution in [2.75, 3.05) is 39.6 Å². The Bertz CT molecular complexity index is 1730. The molecule has 0 spiro atoms. The first-order valence-electron chi connectivity index (χ1n) is 36.5. The molecule has 0 fully saturated rings. The van der Waals surface area contributed by atoms with Crippen molar-refractivity contribution < 1.29 is 80.2 Å². The number of aliphatic hydroxyl groups excluding tert-OH is 1. The molecule has 0 aliphatic heterocycles. The molecule has 19 heteroatoms. The molecular weight excluding hydrogens is 1170 g/mol. The van der Waals surface area contributed by atoms with Crippen LogP contribution in [0.25, 0.3) is 0 Å². The molecule has 0 rings (SSSR count). The fraction of sp³-hybridized carbons (Fsp3) is 0.943. The number of esters is 4. The van der Waals surface area contributed by atoms with E-state index in [0.717, 1.165) is 102 Å². The number of carbonyl (C=O) groups excluding carboxylic acids is 4. The van der Waals surface area contributed by atoms with Crippen LogP contribution in [0.5, 0.6) is 0 Å². The first-order valence-corrected chi connectivity index (χ1v) is 39.5. The van der Waals surface area contributed by atoms with E-state index >= 15 is 0 Å². The Morgan fingerprint density at radius 3 is 0.764 bits per heavy atom. The summed E-state index contributed by atoms with van der Waals surface area (Å²) in [4.78, 5) is 72.4. The lowest BCUT2D eigenvalue weighted by Crippen LogP contribution is -2.30. The molecule has 0 aromatic heterocycles. The minimum Gasteiger partial charge on any atom is -0.462 e. The van der Waals surface area contributed by atoms with Crippen molar-refractivity contribution in [1.82, 2.24) is 0 Å². The number of hydrogen-bond acceptors (Lipinski definition) is 15. The summed E-state index contributed by atoms with van der Waals surface area (Å²) in [6.45, 7) is 9.48. The number of phosphoric acid groups is 2. The van der Waals surface area contributed by atoms with Gasteiger partial charge < -0.3 is 33.8 Å². The highest BCUT2D eigenvalue weighted by Crippen LogP contribution is 2.45. The van der Waals surface area contributed by atoms with Gasteiger partial charge in [-0.25, -0.2) is 9.13 Å². The number of ether oxygens (including phenoxy) is 4. The molecule has 3 N–H and O–H groups in total. The van der Waals surface area contributed by atoms with Gasteiger partial charge in [0.15, 0.2) is 12.2 Å². The zero-order chi connectivity index (χ0) is 65.7. The maximum absolute atomic E-state index is 13.0. The van der Waals surface area contributed by atoms with Gasteiger partial charge in [-0.2, -0.15) is 0 Å². The molecule has 5 atom stereocenters. The van der Waals surface area contributed by atoms with Crippen molar-refractivity contribution in [2.24, 2.45) is 11.8 Å². The normalized spacial score (nSPS) is 14.1. The zero-order valence-corrected chi connectivity index (χ0v) is 59.5. The van der Waals surface area contributed by atoms with Gasteiger partial charge in [-0.3, -0.25) is 37.3 Å². The Morgan fingerprint density at radius 1 is 0.303 bits per heavy atom. The van der Waals surface area contributed by atoms with Crippen LogP contribution in [-0.2, 0) is 65.4 Å². The van der Waals surface area contributed by atoms with Crippen molar-refractivity contribution in [1.29, 1.82) is 0 Å². The van der Waals surface area contributed by atoms with Crippen LogP contribution < -0.4 is 0 Å². The fourth-order valence-corrected chi connectivity index (χ4v) is 12.2. The highest BCUT2D eigenvalue weighted by atomic mass is 31.2. The summed E-state index contributed by atoms with van der Waals surface area (Å²) < 4.78 is 68.2. The quantitative estimate of drug-likeness (QED) is 0.0222. The Balaban J connectivity index is 5.20. The Morgan fingerprint density at radius 2 is 0.517 bits per heavy atom. The van der Waals surface area contributed by atoms with Gasteiger partial charge >= 0.3 is 39.5 Å². The van der Waals surface area contributed by atoms with Crippen LogP contribution in [0.2, 0.25) is 0 Å². The van der Waals surface area contributed by atoms with Gasteiger partial charge in [0.05, 0.1) is 26.4 Å². The minimum absolute atomic E-state index is 0.106. The van der Waals surface area contributed by atoms with Crippen LogP contribution in [0, 0.1) is 11.8 Å². The van der Waals surface area contributed by atoms with Gasteiger partial charge in [-0.15, -0.1) is 0 Å². The molecule has 0 bridgehead atoms. The molecule has 0 aliphatic rings. The fourth-order valence-electron chi connectivity index (χ4n) is 10.6. The van der Waals surface area contributed by atoms with E-state index < -0.39 is 97.5 Å². The van der Waals surface area contributed by atoms with Crippen molar-refractivity contribution in [3.05, 3.63) is 0 Å². The van der Waals surface area contributed by atoms with Crippen LogP contribution in [0.1, 0.15) is 356 Å². The van der Waals surface area contributed by atoms with Gasteiger partial charge in [0.2, 0.25) is 0 Å². The van der Waals surface area contributed by atoms with Crippen LogP contribution in [0.15, 0.2) is 0 Å². The Labute approximate surface area is 543 Å². The highest BCUT2D eigenvalue weighted by molar-refractivity contribution is 7.47. The van der Waals surface area contributed by atoms with Gasteiger partial charge in [0.1, 0.15) is 19.3 Å². The lowest BCUT2D eigenvalue weighted by atomic mass is 10.0. The van der Waals surface area contributed by atoms with Crippen LogP contribution >= 0.6 is 15.6 Å². The smallest absolute Gasteiger partial charge is 0.462 e. The standard InChI is InChI=1S/C70H136O17P2/c1-7-9-11-13-15-17-24-29-33-40-46-52-67(72)80-58-65(86-70(75)55-49-43-35-31-27-23-21-19-20-22-26-28-32-38-44-50-62(3)4)60-84-88(76,77)82-56-64(71)57-83-89(78,79)85-61-66(59-81-68(73)53-47-41-37-36-39-45-51-63(5)6)87-69(74)54-48-42-34-30-25-18-16-14-12-10-8-2/h62-66,71H,7-61H2,1-6H3,(H,76,77)(H,78,79)/t64-,65-,66-/m1/s1. The van der Waals surface area contributed by atoms with Crippen molar-refractivity contribution in [2.45, 2.75) is 374 Å². The summed E-state index contributed by atoms with van der Waals surface area (Å²) in [7, 11) is -9.90. The molecule has 0 aliphatic carbocycles. The third-order valence-corrected chi connectivity index (χ3v) is 18.1. The molecule has 0 aromatic carbocycles. The second-order valence-electron chi connectivity index (χ2n) is 26.2. The first kappa shape index (κ1) is 87.1. The van der Waals surface area contributed by atoms with Crippen molar-refractivity contribution >= 4 is 39.5 Å². The molecule has 17 nitrogen and oxygen atoms in total. The van der Waals surface area contributed by atoms with E-state index in [0.29, 0.717) is 31.6 Å². The summed E-state index contributed by atoms with van der Waals surface area (Å²) in [5.74, 6) is -0.643. The maximum atomic E-state index is 13.0. The predicted molar refractivity (Wildman–Crippen MR) is 358 cm³/mol. The maximum Gasteiger partial charge on any atom is 0.472 e. The van der Waals surface area contributed by atoms with E-state index in [9.17, 15) is 43.2 Å². The Hall–Kier alpha value is -1.94. The van der Waals surface area contributed by atoms with E-state index in [1.807, 2.05) is 0 Å². The van der Waals surface area contributed by atoms with E-state index in [2.05, 4.69) is 41.5 Å². The van der Waals surface area contributed by atoms with Crippen molar-refractivity contribution in [3.8, 4) is 0 Å². The molecular formula is C70H136O17P2. The number of carbonyl (C=O) groups is 4. The molecule has 0 saturated heterocycles. The molecule has 0 radical (unpaired) electrons. The molecule has 0 saturated carbocycles. The van der Waals surface area contributed by atoms with Gasteiger partial charge in [0.25, 0.3) is 0 Å². The Kier molecular flexibility index (Phi) is 60.8. The number of rotatable bonds is 69. The lowest BCUT2D eigenvalue weighted by Gasteiger charge is -2.21. The monoisotopic (exact) mass is 1310 g/mol. The molecule has 89 heavy (non-hydrogen) atoms. The van der Waals surface area contributed by atoms with Crippen LogP contribution in [0.4, 0.5) is 0 Å². The average molecular weight is 1310 g/mol. The van der Waals surface area contributed by atoms with E-state index in [1.165, 1.54) is 167 Å². The summed E-state index contributed by atoms with van der Waals surface area (Å²) >= 11 is 0. The first-order chi connectivity index (χ1) is 42.9. The SMILES string of the molecule is CCCCCCCCCCCCCC(=O)OC[C@H](COP(=O)(O)OC[C@@H](O)COP(=O)(O)OC[C@@H](COC(=O)CCCCCCCCC(C)C)OC(=O)CCCCCCCCCCCCC)OC(=O)CCCCCCCCCCCCCCCCCC(C)C. The lowest BCUT2D eigenvalue weighted by molar-refractivity contribution is -0.161. The third kappa shape index (κ3) is 64.6. The van der Waals surface area contributed by atoms with Gasteiger partial charge in [-0.1, -0.05) is 305 Å². The third-order valence-electron chi connectivity index (χ3n) is 16.2. The van der Waals surface area contributed by atoms with Crippen LogP contribution in [-0.4, -0.2) is 96.7 Å². The molecule has 0 amide bonds. The topological polar surface area (TPSA) is 237 Å². The zero-order valence-electron chi connectivity index (χ0n) is 57.7. The summed E-state index contributed by atoms with van der Waals surface area (Å²) in [5, 5.41) is 10.6. The number of phosphoric ester groups is 2. The van der Waals surface area contributed by atoms with Crippen LogP contribution in [0.3, 0.4) is 0 Å². The summed E-state index contributed by atoms with van der Waals surface area (Å²) in [6, 6.07) is 0. The van der Waals surface area contributed by atoms with E-state index in [1.54, 1.807) is 0 Å². The van der Waals surface area contributed by atoms with E-state index in [-0.39, 0.29) is 25.7 Å². The van der Waals surface area contributed by atoms with E-state index in [4.69, 9.17) is 37.0 Å². The summed E-state index contributed by atoms with van der Waals surface area (Å²) in [6.07, 6.45) is 47.3.